The van der Waals surface area contributed by atoms with Gasteiger partial charge in [0.15, 0.2) is 0 Å². The molecule has 2 aromatic rings. The second-order valence-electron chi connectivity index (χ2n) is 5.45. The Labute approximate surface area is 163 Å². The van der Waals surface area contributed by atoms with Gasteiger partial charge < -0.3 is 15.4 Å². The first kappa shape index (κ1) is 20.7. The molecule has 140 valence electrons. The standard InChI is InChI=1S/C18H19BrF2N2O2S/c1-11(12-6-7-16(26-18(20)21)15(8-12)25-2)22-10-17(24)23-14-5-3-4-13(19)9-14/h3-9,11,18,22H,10H2,1-2H3,(H,23,24). The Hall–Kier alpha value is -1.64. The molecule has 0 radical (unpaired) electrons. The highest BCUT2D eigenvalue weighted by molar-refractivity contribution is 9.10. The zero-order chi connectivity index (χ0) is 19.1. The van der Waals surface area contributed by atoms with Gasteiger partial charge in [-0.3, -0.25) is 4.79 Å². The quantitative estimate of drug-likeness (QED) is 0.558. The molecule has 26 heavy (non-hydrogen) atoms. The molecule has 1 atom stereocenters. The minimum atomic E-state index is -2.51. The molecule has 0 bridgehead atoms. The van der Waals surface area contributed by atoms with Crippen LogP contribution in [-0.4, -0.2) is 25.3 Å². The molecule has 2 aromatic carbocycles. The highest BCUT2D eigenvalue weighted by Gasteiger charge is 2.14. The lowest BCUT2D eigenvalue weighted by Gasteiger charge is -2.16. The van der Waals surface area contributed by atoms with E-state index in [1.807, 2.05) is 25.1 Å². The number of methoxy groups -OCH3 is 1. The highest BCUT2D eigenvalue weighted by atomic mass is 79.9. The van der Waals surface area contributed by atoms with Crippen LogP contribution in [0.4, 0.5) is 14.5 Å². The Morgan fingerprint density at radius 1 is 1.27 bits per heavy atom. The fraction of sp³-hybridized carbons (Fsp3) is 0.278. The molecule has 8 heteroatoms. The van der Waals surface area contributed by atoms with Gasteiger partial charge >= 0.3 is 0 Å². The van der Waals surface area contributed by atoms with Crippen LogP contribution in [0.15, 0.2) is 51.8 Å². The number of nitrogens with one attached hydrogen (secondary N) is 2. The topological polar surface area (TPSA) is 50.4 Å². The molecule has 0 heterocycles. The number of carbonyl (C=O) groups is 1. The van der Waals surface area contributed by atoms with Crippen LogP contribution < -0.4 is 15.4 Å². The number of halogens is 3. The molecule has 0 fully saturated rings. The largest absolute Gasteiger partial charge is 0.496 e. The van der Waals surface area contributed by atoms with Crippen LogP contribution in [-0.2, 0) is 4.79 Å². The van der Waals surface area contributed by atoms with Crippen molar-refractivity contribution in [2.24, 2.45) is 0 Å². The van der Waals surface area contributed by atoms with E-state index in [2.05, 4.69) is 26.6 Å². The summed E-state index contributed by atoms with van der Waals surface area (Å²) < 4.78 is 31.2. The van der Waals surface area contributed by atoms with E-state index < -0.39 is 5.76 Å². The smallest absolute Gasteiger partial charge is 0.289 e. The average molecular weight is 445 g/mol. The van der Waals surface area contributed by atoms with E-state index in [9.17, 15) is 13.6 Å². The Morgan fingerprint density at radius 3 is 2.69 bits per heavy atom. The van der Waals surface area contributed by atoms with E-state index in [1.165, 1.54) is 7.11 Å². The van der Waals surface area contributed by atoms with Gasteiger partial charge in [0.2, 0.25) is 5.91 Å². The van der Waals surface area contributed by atoms with Crippen LogP contribution in [0, 0.1) is 0 Å². The number of benzene rings is 2. The van der Waals surface area contributed by atoms with Gasteiger partial charge in [-0.1, -0.05) is 39.8 Å². The molecule has 1 unspecified atom stereocenters. The zero-order valence-electron chi connectivity index (χ0n) is 14.3. The summed E-state index contributed by atoms with van der Waals surface area (Å²) in [4.78, 5) is 12.4. The number of alkyl halides is 2. The number of amides is 1. The van der Waals surface area contributed by atoms with Crippen molar-refractivity contribution in [1.82, 2.24) is 5.32 Å². The molecular formula is C18H19BrF2N2O2S. The average Bonchev–Trinajstić information content (AvgIpc) is 2.59. The Balaban J connectivity index is 1.94. The van der Waals surface area contributed by atoms with Crippen LogP contribution in [0.5, 0.6) is 5.75 Å². The van der Waals surface area contributed by atoms with E-state index in [-0.39, 0.29) is 18.5 Å². The van der Waals surface area contributed by atoms with E-state index in [0.717, 1.165) is 10.0 Å². The third kappa shape index (κ3) is 6.26. The van der Waals surface area contributed by atoms with Crippen LogP contribution in [0.2, 0.25) is 0 Å². The normalized spacial score (nSPS) is 12.1. The Kier molecular flexibility index (Phi) is 7.86. The van der Waals surface area contributed by atoms with Gasteiger partial charge in [0, 0.05) is 16.2 Å². The summed E-state index contributed by atoms with van der Waals surface area (Å²) in [5, 5.41) is 5.91. The monoisotopic (exact) mass is 444 g/mol. The van der Waals surface area contributed by atoms with Crippen LogP contribution in [0.1, 0.15) is 18.5 Å². The van der Waals surface area contributed by atoms with Crippen molar-refractivity contribution in [3.8, 4) is 5.75 Å². The summed E-state index contributed by atoms with van der Waals surface area (Å²) in [7, 11) is 1.44. The molecule has 1 amide bonds. The summed E-state index contributed by atoms with van der Waals surface area (Å²) in [5.41, 5.74) is 1.55. The first-order valence-corrected chi connectivity index (χ1v) is 9.48. The second kappa shape index (κ2) is 9.89. The molecule has 2 N–H and O–H groups in total. The van der Waals surface area contributed by atoms with Crippen molar-refractivity contribution in [1.29, 1.82) is 0 Å². The van der Waals surface area contributed by atoms with Gasteiger partial charge in [0.1, 0.15) is 5.75 Å². The molecular weight excluding hydrogens is 426 g/mol. The molecule has 0 saturated heterocycles. The lowest BCUT2D eigenvalue weighted by molar-refractivity contribution is -0.115. The first-order valence-electron chi connectivity index (χ1n) is 7.80. The molecule has 2 rings (SSSR count). The number of thioether (sulfide) groups is 1. The van der Waals surface area contributed by atoms with Crippen molar-refractivity contribution in [2.75, 3.05) is 19.0 Å². The fourth-order valence-electron chi connectivity index (χ4n) is 2.28. The predicted octanol–water partition coefficient (Wildman–Crippen LogP) is 5.06. The van der Waals surface area contributed by atoms with E-state index >= 15 is 0 Å². The summed E-state index contributed by atoms with van der Waals surface area (Å²) >= 11 is 3.80. The number of anilines is 1. The van der Waals surface area contributed by atoms with Crippen molar-refractivity contribution in [3.63, 3.8) is 0 Å². The Bertz CT molecular complexity index is 762. The number of carbonyl (C=O) groups excluding carboxylic acids is 1. The molecule has 0 aromatic heterocycles. The Morgan fingerprint density at radius 2 is 2.04 bits per heavy atom. The predicted molar refractivity (Wildman–Crippen MR) is 104 cm³/mol. The minimum Gasteiger partial charge on any atom is -0.496 e. The number of hydrogen-bond donors (Lipinski definition) is 2. The maximum Gasteiger partial charge on any atom is 0.289 e. The van der Waals surface area contributed by atoms with Crippen LogP contribution >= 0.6 is 27.7 Å². The van der Waals surface area contributed by atoms with Crippen molar-refractivity contribution >= 4 is 39.3 Å². The third-order valence-electron chi connectivity index (χ3n) is 3.58. The van der Waals surface area contributed by atoms with Gasteiger partial charge in [0.25, 0.3) is 5.76 Å². The lowest BCUT2D eigenvalue weighted by atomic mass is 10.1. The van der Waals surface area contributed by atoms with Gasteiger partial charge in [-0.05, 0) is 42.8 Å². The highest BCUT2D eigenvalue weighted by Crippen LogP contribution is 2.35. The molecule has 4 nitrogen and oxygen atoms in total. The van der Waals surface area contributed by atoms with Gasteiger partial charge in [0.05, 0.1) is 18.6 Å². The van der Waals surface area contributed by atoms with E-state index in [1.54, 1.807) is 24.3 Å². The van der Waals surface area contributed by atoms with Crippen LogP contribution in [0.3, 0.4) is 0 Å². The summed E-state index contributed by atoms with van der Waals surface area (Å²) in [6.07, 6.45) is 0. The molecule has 0 aliphatic rings. The molecule has 0 aliphatic carbocycles. The van der Waals surface area contributed by atoms with Gasteiger partial charge in [-0.2, -0.15) is 8.78 Å². The molecule has 0 aliphatic heterocycles. The number of hydrogen-bond acceptors (Lipinski definition) is 4. The van der Waals surface area contributed by atoms with Crippen molar-refractivity contribution in [3.05, 3.63) is 52.5 Å². The van der Waals surface area contributed by atoms with Gasteiger partial charge in [-0.25, -0.2) is 0 Å². The maximum absolute atomic E-state index is 12.6. The molecule has 0 saturated carbocycles. The number of ether oxygens (including phenoxy) is 1. The number of rotatable bonds is 8. The SMILES string of the molecule is COc1cc(C(C)NCC(=O)Nc2cccc(Br)c2)ccc1SC(F)F. The third-order valence-corrected chi connectivity index (χ3v) is 4.84. The fourth-order valence-corrected chi connectivity index (χ4v) is 3.28. The summed E-state index contributed by atoms with van der Waals surface area (Å²) in [6.45, 7) is 2.00. The van der Waals surface area contributed by atoms with E-state index in [4.69, 9.17) is 4.74 Å². The van der Waals surface area contributed by atoms with Gasteiger partial charge in [-0.15, -0.1) is 0 Å². The molecule has 0 spiro atoms. The van der Waals surface area contributed by atoms with Crippen LogP contribution in [0.25, 0.3) is 0 Å². The second-order valence-corrected chi connectivity index (χ2v) is 7.40. The minimum absolute atomic E-state index is 0.115. The van der Waals surface area contributed by atoms with Crippen molar-refractivity contribution in [2.45, 2.75) is 23.6 Å². The van der Waals surface area contributed by atoms with E-state index in [0.29, 0.717) is 28.1 Å². The zero-order valence-corrected chi connectivity index (χ0v) is 16.7. The summed E-state index contributed by atoms with van der Waals surface area (Å²) in [6, 6.07) is 12.2. The maximum atomic E-state index is 12.6. The van der Waals surface area contributed by atoms with Crippen molar-refractivity contribution < 1.29 is 18.3 Å². The summed E-state index contributed by atoms with van der Waals surface area (Å²) in [5.74, 6) is -2.29. The lowest BCUT2D eigenvalue weighted by Crippen LogP contribution is -2.30. The first-order chi connectivity index (χ1) is 12.4.